The van der Waals surface area contributed by atoms with Crippen molar-refractivity contribution in [2.75, 3.05) is 0 Å². The second kappa shape index (κ2) is 12.5. The molecule has 0 aromatic heterocycles. The van der Waals surface area contributed by atoms with E-state index in [-0.39, 0.29) is 18.2 Å². The van der Waals surface area contributed by atoms with Crippen molar-refractivity contribution in [1.82, 2.24) is 4.72 Å². The summed E-state index contributed by atoms with van der Waals surface area (Å²) in [6.45, 7) is 8.02. The minimum Gasteiger partial charge on any atom is -0.375 e. The molecule has 0 bridgehead atoms. The second-order valence-corrected chi connectivity index (χ2v) is 10.1. The number of nitrogens with one attached hydrogen (secondary N) is 1. The van der Waals surface area contributed by atoms with Gasteiger partial charge < -0.3 is 4.74 Å². The first-order valence-corrected chi connectivity index (χ1v) is 12.8. The van der Waals surface area contributed by atoms with Gasteiger partial charge in [-0.3, -0.25) is 0 Å². The average molecular weight is 422 g/mol. The lowest BCUT2D eigenvalue weighted by molar-refractivity contribution is -0.0605. The van der Waals surface area contributed by atoms with Crippen LogP contribution in [0.15, 0.2) is 41.8 Å². The molecule has 3 atom stereocenters. The summed E-state index contributed by atoms with van der Waals surface area (Å²) in [5.74, 6) is 0. The summed E-state index contributed by atoms with van der Waals surface area (Å²) in [4.78, 5) is 0.332. The molecule has 0 radical (unpaired) electrons. The Labute approximate surface area is 178 Å². The first kappa shape index (κ1) is 24.1. The van der Waals surface area contributed by atoms with Crippen molar-refractivity contribution >= 4 is 10.0 Å². The summed E-state index contributed by atoms with van der Waals surface area (Å²) in [7, 11) is -3.51. The number of unbranched alkanes of at least 4 members (excludes halogenated alkanes) is 6. The van der Waals surface area contributed by atoms with Crippen molar-refractivity contribution in [2.45, 2.75) is 108 Å². The smallest absolute Gasteiger partial charge is 0.240 e. The highest BCUT2D eigenvalue weighted by molar-refractivity contribution is 7.89. The molecule has 29 heavy (non-hydrogen) atoms. The first-order chi connectivity index (χ1) is 13.9. The molecule has 1 fully saturated rings. The molecule has 0 saturated carbocycles. The van der Waals surface area contributed by atoms with Gasteiger partial charge in [0.2, 0.25) is 10.0 Å². The molecule has 4 nitrogen and oxygen atoms in total. The van der Waals surface area contributed by atoms with E-state index in [0.29, 0.717) is 11.3 Å². The zero-order valence-electron chi connectivity index (χ0n) is 18.2. The molecular weight excluding hydrogens is 382 g/mol. The minimum absolute atomic E-state index is 0.0431. The first-order valence-electron chi connectivity index (χ1n) is 11.3. The third kappa shape index (κ3) is 8.61. The molecule has 1 saturated heterocycles. The van der Waals surface area contributed by atoms with Gasteiger partial charge in [0, 0.05) is 6.04 Å². The molecule has 1 aliphatic heterocycles. The van der Waals surface area contributed by atoms with Crippen LogP contribution in [0.25, 0.3) is 0 Å². The zero-order chi connectivity index (χ0) is 21.1. The van der Waals surface area contributed by atoms with Crippen molar-refractivity contribution in [3.63, 3.8) is 0 Å². The van der Waals surface area contributed by atoms with Crippen LogP contribution in [0.3, 0.4) is 0 Å². The van der Waals surface area contributed by atoms with Crippen molar-refractivity contribution in [1.29, 1.82) is 0 Å². The fourth-order valence-corrected chi connectivity index (χ4v) is 5.33. The zero-order valence-corrected chi connectivity index (χ0v) is 19.1. The number of sulfonamides is 1. The fraction of sp³-hybridized carbons (Fsp3) is 0.667. The maximum Gasteiger partial charge on any atom is 0.240 e. The molecule has 1 aliphatic rings. The number of aryl methyl sites for hydroxylation is 1. The van der Waals surface area contributed by atoms with Crippen molar-refractivity contribution in [3.05, 3.63) is 42.5 Å². The Morgan fingerprint density at radius 3 is 2.31 bits per heavy atom. The SMILES string of the molecule is C=CC[C@@H]1C[C@H](NS(=O)(=O)c2ccc(C)cc2)C[C@@H](CCCCCCCCC)O1. The van der Waals surface area contributed by atoms with Gasteiger partial charge in [0.1, 0.15) is 0 Å². The molecule has 0 spiro atoms. The van der Waals surface area contributed by atoms with Gasteiger partial charge >= 0.3 is 0 Å². The highest BCUT2D eigenvalue weighted by Crippen LogP contribution is 2.27. The molecule has 0 unspecified atom stereocenters. The van der Waals surface area contributed by atoms with E-state index in [1.54, 1.807) is 12.1 Å². The molecule has 2 rings (SSSR count). The van der Waals surface area contributed by atoms with Crippen molar-refractivity contribution in [3.8, 4) is 0 Å². The summed E-state index contributed by atoms with van der Waals surface area (Å²) >= 11 is 0. The maximum absolute atomic E-state index is 12.8. The standard InChI is InChI=1S/C24H39NO3S/c1-4-6-7-8-9-10-11-13-23-19-21(18-22(28-23)12-5-2)25-29(26,27)24-16-14-20(3)15-17-24/h5,14-17,21-23,25H,2,4,6-13,18-19H2,1,3H3/t21-,22+,23+/m0/s1. The van der Waals surface area contributed by atoms with Crippen molar-refractivity contribution < 1.29 is 13.2 Å². The van der Waals surface area contributed by atoms with E-state index < -0.39 is 10.0 Å². The van der Waals surface area contributed by atoms with E-state index in [0.717, 1.165) is 31.2 Å². The van der Waals surface area contributed by atoms with Crippen LogP contribution in [-0.2, 0) is 14.8 Å². The van der Waals surface area contributed by atoms with Crippen LogP contribution in [0.4, 0.5) is 0 Å². The van der Waals surface area contributed by atoms with Gasteiger partial charge in [-0.25, -0.2) is 13.1 Å². The summed E-state index contributed by atoms with van der Waals surface area (Å²) < 4.78 is 34.8. The van der Waals surface area contributed by atoms with Gasteiger partial charge in [0.05, 0.1) is 17.1 Å². The number of rotatable bonds is 13. The van der Waals surface area contributed by atoms with Gasteiger partial charge in [0.25, 0.3) is 0 Å². The predicted molar refractivity (Wildman–Crippen MR) is 121 cm³/mol. The average Bonchev–Trinajstić information content (AvgIpc) is 2.67. The Balaban J connectivity index is 1.88. The molecular formula is C24H39NO3S. The Kier molecular flexibility index (Phi) is 10.4. The molecule has 0 aliphatic carbocycles. The highest BCUT2D eigenvalue weighted by atomic mass is 32.2. The molecule has 0 amide bonds. The molecule has 1 heterocycles. The maximum atomic E-state index is 12.8. The molecule has 5 heteroatoms. The minimum atomic E-state index is -3.51. The van der Waals surface area contributed by atoms with E-state index in [1.807, 2.05) is 25.1 Å². The Hall–Kier alpha value is -1.17. The van der Waals surface area contributed by atoms with E-state index in [9.17, 15) is 8.42 Å². The van der Waals surface area contributed by atoms with Gasteiger partial charge in [-0.1, -0.05) is 75.6 Å². The Bertz CT molecular complexity index is 699. The van der Waals surface area contributed by atoms with Crippen molar-refractivity contribution in [2.24, 2.45) is 0 Å². The normalized spacial score (nSPS) is 22.5. The van der Waals surface area contributed by atoms with E-state index >= 15 is 0 Å². The predicted octanol–water partition coefficient (Wildman–Crippen LogP) is 5.91. The molecule has 1 aromatic rings. The van der Waals surface area contributed by atoms with Gasteiger partial charge in [0.15, 0.2) is 0 Å². The van der Waals surface area contributed by atoms with Gasteiger partial charge in [-0.15, -0.1) is 6.58 Å². The third-order valence-electron chi connectivity index (χ3n) is 5.69. The topological polar surface area (TPSA) is 55.4 Å². The van der Waals surface area contributed by atoms with Crippen LogP contribution in [0.2, 0.25) is 0 Å². The molecule has 1 aromatic carbocycles. The van der Waals surface area contributed by atoms with E-state index in [2.05, 4.69) is 18.2 Å². The second-order valence-electron chi connectivity index (χ2n) is 8.42. The monoisotopic (exact) mass is 421 g/mol. The third-order valence-corrected chi connectivity index (χ3v) is 7.23. The lowest BCUT2D eigenvalue weighted by Gasteiger charge is -2.35. The largest absolute Gasteiger partial charge is 0.375 e. The highest BCUT2D eigenvalue weighted by Gasteiger charge is 2.31. The lowest BCUT2D eigenvalue weighted by Crippen LogP contribution is -2.45. The quantitative estimate of drug-likeness (QED) is 0.318. The Morgan fingerprint density at radius 1 is 1.03 bits per heavy atom. The molecule has 164 valence electrons. The fourth-order valence-electron chi connectivity index (χ4n) is 4.07. The number of hydrogen-bond acceptors (Lipinski definition) is 3. The van der Waals surface area contributed by atoms with Crippen LogP contribution in [0.5, 0.6) is 0 Å². The Morgan fingerprint density at radius 2 is 1.66 bits per heavy atom. The van der Waals surface area contributed by atoms with E-state index in [1.165, 1.54) is 38.5 Å². The van der Waals surface area contributed by atoms with Gasteiger partial charge in [-0.2, -0.15) is 0 Å². The summed E-state index contributed by atoms with van der Waals surface area (Å²) in [6.07, 6.45) is 14.2. The van der Waals surface area contributed by atoms with Crippen LogP contribution in [0.1, 0.15) is 83.1 Å². The number of hydrogen-bond donors (Lipinski definition) is 1. The van der Waals surface area contributed by atoms with Crippen LogP contribution < -0.4 is 4.72 Å². The summed E-state index contributed by atoms with van der Waals surface area (Å²) in [5, 5.41) is 0. The van der Waals surface area contributed by atoms with Crippen LogP contribution in [-0.4, -0.2) is 26.7 Å². The number of ether oxygens (including phenoxy) is 1. The van der Waals surface area contributed by atoms with Crippen LogP contribution >= 0.6 is 0 Å². The lowest BCUT2D eigenvalue weighted by atomic mass is 9.94. The van der Waals surface area contributed by atoms with E-state index in [4.69, 9.17) is 4.74 Å². The summed E-state index contributed by atoms with van der Waals surface area (Å²) in [6, 6.07) is 6.93. The molecule has 1 N–H and O–H groups in total. The summed E-state index contributed by atoms with van der Waals surface area (Å²) in [5.41, 5.74) is 1.05. The van der Waals surface area contributed by atoms with Gasteiger partial charge in [-0.05, 0) is 44.7 Å². The number of benzene rings is 1. The van der Waals surface area contributed by atoms with Crippen LogP contribution in [0, 0.1) is 6.92 Å².